The van der Waals surface area contributed by atoms with E-state index in [0.29, 0.717) is 5.69 Å². The molecule has 0 unspecified atom stereocenters. The number of benzene rings is 1. The molecule has 1 aliphatic carbocycles. The number of aryl methyl sites for hydroxylation is 1. The number of carbonyl (C=O) groups is 1. The monoisotopic (exact) mass is 354 g/mol. The summed E-state index contributed by atoms with van der Waals surface area (Å²) in [5, 5.41) is 14.6. The molecule has 0 bridgehead atoms. The highest BCUT2D eigenvalue weighted by molar-refractivity contribution is 5.92. The fraction of sp³-hybridized carbons (Fsp3) is 0.526. The molecule has 0 spiro atoms. The maximum atomic E-state index is 12.5. The quantitative estimate of drug-likeness (QED) is 0.817. The first-order valence-electron chi connectivity index (χ1n) is 9.49. The number of carbonyl (C=O) groups excluding carboxylic acids is 1. The molecule has 7 heteroatoms. The molecule has 2 aliphatic rings. The van der Waals surface area contributed by atoms with Crippen molar-refractivity contribution in [1.82, 2.24) is 30.5 Å². The molecule has 2 N–H and O–H groups in total. The Kier molecular flexibility index (Phi) is 5.26. The highest BCUT2D eigenvalue weighted by atomic mass is 16.2. The van der Waals surface area contributed by atoms with Crippen LogP contribution < -0.4 is 10.6 Å². The summed E-state index contributed by atoms with van der Waals surface area (Å²) in [5.74, 6) is -0.122. The second-order valence-electron chi connectivity index (χ2n) is 7.14. The molecular formula is C19H26N6O. The van der Waals surface area contributed by atoms with Crippen LogP contribution in [0, 0.1) is 0 Å². The molecule has 0 radical (unpaired) electrons. The summed E-state index contributed by atoms with van der Waals surface area (Å²) in [6.07, 6.45) is 4.63. The first-order valence-corrected chi connectivity index (χ1v) is 9.49. The maximum absolute atomic E-state index is 12.5. The average molecular weight is 354 g/mol. The fourth-order valence-electron chi connectivity index (χ4n) is 3.77. The Bertz CT molecular complexity index is 752. The van der Waals surface area contributed by atoms with Gasteiger partial charge in [0.1, 0.15) is 0 Å². The number of aromatic nitrogens is 3. The SMILES string of the molecule is O=C(N[C@@H]1CCc2ccccc2C1)c1cn(CCN2CCNCC2)nn1. The van der Waals surface area contributed by atoms with Crippen molar-refractivity contribution in [2.45, 2.75) is 31.8 Å². The first kappa shape index (κ1) is 17.2. The number of nitrogens with zero attached hydrogens (tertiary/aromatic N) is 4. The van der Waals surface area contributed by atoms with Gasteiger partial charge in [0.25, 0.3) is 5.91 Å². The predicted octanol–water partition coefficient (Wildman–Crippen LogP) is 0.471. The smallest absolute Gasteiger partial charge is 0.273 e. The Balaban J connectivity index is 1.29. The van der Waals surface area contributed by atoms with Crippen LogP contribution in [0.2, 0.25) is 0 Å². The largest absolute Gasteiger partial charge is 0.348 e. The topological polar surface area (TPSA) is 75.1 Å². The number of piperazine rings is 1. The maximum Gasteiger partial charge on any atom is 0.273 e. The molecule has 4 rings (SSSR count). The number of nitrogens with one attached hydrogen (secondary N) is 2. The van der Waals surface area contributed by atoms with E-state index in [0.717, 1.165) is 58.5 Å². The second kappa shape index (κ2) is 7.97. The molecule has 1 fully saturated rings. The van der Waals surface area contributed by atoms with Crippen molar-refractivity contribution in [3.63, 3.8) is 0 Å². The van der Waals surface area contributed by atoms with Gasteiger partial charge in [-0.25, -0.2) is 0 Å². The van der Waals surface area contributed by atoms with E-state index in [1.54, 1.807) is 10.9 Å². The van der Waals surface area contributed by atoms with Gasteiger partial charge in [-0.15, -0.1) is 5.10 Å². The van der Waals surface area contributed by atoms with Gasteiger partial charge in [0.15, 0.2) is 5.69 Å². The lowest BCUT2D eigenvalue weighted by atomic mass is 9.88. The van der Waals surface area contributed by atoms with Gasteiger partial charge in [-0.3, -0.25) is 14.4 Å². The molecule has 1 amide bonds. The van der Waals surface area contributed by atoms with Crippen molar-refractivity contribution in [2.24, 2.45) is 0 Å². The molecule has 26 heavy (non-hydrogen) atoms. The Hall–Kier alpha value is -2.25. The van der Waals surface area contributed by atoms with Crippen LogP contribution in [0.15, 0.2) is 30.5 Å². The summed E-state index contributed by atoms with van der Waals surface area (Å²) in [6.45, 7) is 5.89. The van der Waals surface area contributed by atoms with Crippen LogP contribution in [0.25, 0.3) is 0 Å². The van der Waals surface area contributed by atoms with Crippen molar-refractivity contribution >= 4 is 5.91 Å². The third-order valence-electron chi connectivity index (χ3n) is 5.31. The van der Waals surface area contributed by atoms with E-state index >= 15 is 0 Å². The van der Waals surface area contributed by atoms with Gasteiger partial charge in [-0.05, 0) is 30.4 Å². The minimum Gasteiger partial charge on any atom is -0.348 e. The Morgan fingerprint density at radius 2 is 2.00 bits per heavy atom. The van der Waals surface area contributed by atoms with Gasteiger partial charge >= 0.3 is 0 Å². The normalized spacial score (nSPS) is 20.5. The summed E-state index contributed by atoms with van der Waals surface area (Å²) in [5.41, 5.74) is 3.14. The fourth-order valence-corrected chi connectivity index (χ4v) is 3.77. The van der Waals surface area contributed by atoms with E-state index in [4.69, 9.17) is 0 Å². The summed E-state index contributed by atoms with van der Waals surface area (Å²) >= 11 is 0. The van der Waals surface area contributed by atoms with Gasteiger partial charge < -0.3 is 10.6 Å². The third kappa shape index (κ3) is 4.11. The lowest BCUT2D eigenvalue weighted by Crippen LogP contribution is -2.44. The van der Waals surface area contributed by atoms with Crippen LogP contribution in [0.3, 0.4) is 0 Å². The number of amides is 1. The van der Waals surface area contributed by atoms with Gasteiger partial charge in [0.05, 0.1) is 12.7 Å². The van der Waals surface area contributed by atoms with Gasteiger partial charge in [0.2, 0.25) is 0 Å². The van der Waals surface area contributed by atoms with Crippen molar-refractivity contribution in [3.05, 3.63) is 47.3 Å². The Morgan fingerprint density at radius 1 is 1.19 bits per heavy atom. The molecule has 2 heterocycles. The summed E-state index contributed by atoms with van der Waals surface area (Å²) in [4.78, 5) is 14.9. The molecule has 1 aromatic carbocycles. The zero-order valence-electron chi connectivity index (χ0n) is 15.0. The van der Waals surface area contributed by atoms with Crippen molar-refractivity contribution in [3.8, 4) is 0 Å². The molecule has 7 nitrogen and oxygen atoms in total. The van der Waals surface area contributed by atoms with Crippen LogP contribution in [-0.4, -0.2) is 64.6 Å². The van der Waals surface area contributed by atoms with Gasteiger partial charge in [0, 0.05) is 38.8 Å². The molecule has 2 aromatic rings. The molecule has 1 atom stereocenters. The summed E-state index contributed by atoms with van der Waals surface area (Å²) in [6, 6.07) is 8.64. The number of hydrogen-bond acceptors (Lipinski definition) is 5. The lowest BCUT2D eigenvalue weighted by molar-refractivity contribution is 0.0928. The van der Waals surface area contributed by atoms with E-state index < -0.39 is 0 Å². The van der Waals surface area contributed by atoms with Crippen molar-refractivity contribution in [1.29, 1.82) is 0 Å². The van der Waals surface area contributed by atoms with Crippen molar-refractivity contribution < 1.29 is 4.79 Å². The lowest BCUT2D eigenvalue weighted by Gasteiger charge is -2.26. The Labute approximate surface area is 153 Å². The summed E-state index contributed by atoms with van der Waals surface area (Å²) in [7, 11) is 0. The summed E-state index contributed by atoms with van der Waals surface area (Å²) < 4.78 is 1.77. The van der Waals surface area contributed by atoms with Crippen LogP contribution in [0.4, 0.5) is 0 Å². The minimum atomic E-state index is -0.122. The number of fused-ring (bicyclic) bond motifs is 1. The van der Waals surface area contributed by atoms with E-state index in [1.807, 2.05) is 0 Å². The molecule has 0 saturated carbocycles. The van der Waals surface area contributed by atoms with Crippen LogP contribution in [0.1, 0.15) is 28.0 Å². The Morgan fingerprint density at radius 3 is 2.85 bits per heavy atom. The zero-order chi connectivity index (χ0) is 17.8. The van der Waals surface area contributed by atoms with Crippen LogP contribution in [0.5, 0.6) is 0 Å². The highest BCUT2D eigenvalue weighted by Crippen LogP contribution is 2.21. The van der Waals surface area contributed by atoms with Gasteiger partial charge in [-0.1, -0.05) is 29.5 Å². The molecule has 1 aromatic heterocycles. The van der Waals surface area contributed by atoms with E-state index in [-0.39, 0.29) is 11.9 Å². The second-order valence-corrected chi connectivity index (χ2v) is 7.14. The average Bonchev–Trinajstić information content (AvgIpc) is 3.16. The van der Waals surface area contributed by atoms with E-state index in [2.05, 4.69) is 50.1 Å². The van der Waals surface area contributed by atoms with E-state index in [1.165, 1.54) is 11.1 Å². The molecular weight excluding hydrogens is 328 g/mol. The van der Waals surface area contributed by atoms with E-state index in [9.17, 15) is 4.79 Å². The van der Waals surface area contributed by atoms with Crippen LogP contribution in [-0.2, 0) is 19.4 Å². The number of hydrogen-bond donors (Lipinski definition) is 2. The number of rotatable bonds is 5. The first-order chi connectivity index (χ1) is 12.8. The highest BCUT2D eigenvalue weighted by Gasteiger charge is 2.21. The molecule has 1 saturated heterocycles. The van der Waals surface area contributed by atoms with Gasteiger partial charge in [-0.2, -0.15) is 0 Å². The minimum absolute atomic E-state index is 0.122. The standard InChI is InChI=1S/C19H26N6O/c26-19(21-17-6-5-15-3-1-2-4-16(15)13-17)18-14-25(23-22-18)12-11-24-9-7-20-8-10-24/h1-4,14,17,20H,5-13H2,(H,21,26)/t17-/m1/s1. The molecule has 1 aliphatic heterocycles. The third-order valence-corrected chi connectivity index (χ3v) is 5.31. The van der Waals surface area contributed by atoms with Crippen molar-refractivity contribution in [2.75, 3.05) is 32.7 Å². The predicted molar refractivity (Wildman–Crippen MR) is 99.1 cm³/mol. The molecule has 138 valence electrons. The zero-order valence-corrected chi connectivity index (χ0v) is 15.0. The van der Waals surface area contributed by atoms with Crippen LogP contribution >= 0.6 is 0 Å².